The fourth-order valence-electron chi connectivity index (χ4n) is 4.49. The summed E-state index contributed by atoms with van der Waals surface area (Å²) in [6.07, 6.45) is 4.61. The van der Waals surface area contributed by atoms with Crippen molar-refractivity contribution in [3.8, 4) is 0 Å². The van der Waals surface area contributed by atoms with Crippen LogP contribution in [0.2, 0.25) is 0 Å². The van der Waals surface area contributed by atoms with Crippen molar-refractivity contribution in [2.24, 2.45) is 14.1 Å². The van der Waals surface area contributed by atoms with Crippen LogP contribution >= 0.6 is 0 Å². The highest BCUT2D eigenvalue weighted by Crippen LogP contribution is 2.40. The molecule has 0 amide bonds. The third kappa shape index (κ3) is 2.56. The van der Waals surface area contributed by atoms with E-state index in [1.54, 1.807) is 0 Å². The minimum Gasteiger partial charge on any atom is -0.350 e. The molecule has 5 aromatic rings. The van der Waals surface area contributed by atoms with E-state index in [2.05, 4.69) is 115 Å². The molecule has 0 atom stereocenters. The molecule has 2 heterocycles. The Labute approximate surface area is 165 Å². The van der Waals surface area contributed by atoms with Gasteiger partial charge in [0.25, 0.3) is 0 Å². The summed E-state index contributed by atoms with van der Waals surface area (Å²) >= 11 is 0. The van der Waals surface area contributed by atoms with Crippen molar-refractivity contribution in [3.63, 3.8) is 0 Å². The fraction of sp³-hybridized carbons (Fsp3) is 0.154. The normalized spacial score (nSPS) is 11.7. The first-order valence-corrected chi connectivity index (χ1v) is 9.78. The van der Waals surface area contributed by atoms with Crippen LogP contribution in [0.25, 0.3) is 21.8 Å². The van der Waals surface area contributed by atoms with Crippen molar-refractivity contribution in [1.82, 2.24) is 9.13 Å². The molecule has 2 aromatic heterocycles. The first kappa shape index (κ1) is 16.9. The lowest BCUT2D eigenvalue weighted by Crippen LogP contribution is -2.03. The predicted molar refractivity (Wildman–Crippen MR) is 118 cm³/mol. The molecule has 0 radical (unpaired) electrons. The molecule has 28 heavy (non-hydrogen) atoms. The van der Waals surface area contributed by atoms with Crippen LogP contribution < -0.4 is 0 Å². The van der Waals surface area contributed by atoms with Crippen LogP contribution in [0, 0.1) is 6.92 Å². The molecule has 0 spiro atoms. The Morgan fingerprint density at radius 2 is 1.07 bits per heavy atom. The molecule has 0 unspecified atom stereocenters. The molecule has 0 aliphatic rings. The fourth-order valence-corrected chi connectivity index (χ4v) is 4.49. The lowest BCUT2D eigenvalue weighted by molar-refractivity contribution is 0.912. The molecule has 2 heteroatoms. The predicted octanol–water partition coefficient (Wildman–Crippen LogP) is 6.16. The van der Waals surface area contributed by atoms with Crippen molar-refractivity contribution < 1.29 is 0 Å². The maximum atomic E-state index is 2.30. The number of hydrogen-bond donors (Lipinski definition) is 0. The van der Waals surface area contributed by atoms with Gasteiger partial charge in [0.05, 0.1) is 0 Å². The summed E-state index contributed by atoms with van der Waals surface area (Å²) in [4.78, 5) is 0. The van der Waals surface area contributed by atoms with Gasteiger partial charge in [-0.3, -0.25) is 0 Å². The Bertz CT molecular complexity index is 1210. The number of para-hydroxylation sites is 2. The lowest BCUT2D eigenvalue weighted by Gasteiger charge is -2.18. The molecule has 0 saturated heterocycles. The van der Waals surface area contributed by atoms with E-state index < -0.39 is 0 Å². The zero-order valence-corrected chi connectivity index (χ0v) is 16.6. The van der Waals surface area contributed by atoms with Gasteiger partial charge in [0.1, 0.15) is 0 Å². The topological polar surface area (TPSA) is 9.86 Å². The Morgan fingerprint density at radius 3 is 1.57 bits per heavy atom. The number of aryl methyl sites for hydroxylation is 3. The average Bonchev–Trinajstić information content (AvgIpc) is 3.22. The molecule has 138 valence electrons. The van der Waals surface area contributed by atoms with Gasteiger partial charge in [0.15, 0.2) is 0 Å². The van der Waals surface area contributed by atoms with Gasteiger partial charge in [-0.1, -0.05) is 66.2 Å². The second-order valence-corrected chi connectivity index (χ2v) is 7.77. The molecule has 0 aliphatic heterocycles. The van der Waals surface area contributed by atoms with Crippen LogP contribution in [0.4, 0.5) is 0 Å². The SMILES string of the molecule is Cc1ccc(C(c2cn(C)c3ccccc23)c2cn(C)c3ccccc23)cc1. The van der Waals surface area contributed by atoms with Crippen molar-refractivity contribution >= 4 is 21.8 Å². The minimum atomic E-state index is 0.192. The zero-order valence-electron chi connectivity index (χ0n) is 16.6. The number of hydrogen-bond acceptors (Lipinski definition) is 0. The number of benzene rings is 3. The van der Waals surface area contributed by atoms with Crippen LogP contribution in [-0.2, 0) is 14.1 Å². The number of aromatic nitrogens is 2. The van der Waals surface area contributed by atoms with E-state index in [0.717, 1.165) is 0 Å². The minimum absolute atomic E-state index is 0.192. The third-order valence-electron chi connectivity index (χ3n) is 5.89. The maximum Gasteiger partial charge on any atom is 0.0480 e. The number of fused-ring (bicyclic) bond motifs is 2. The Morgan fingerprint density at radius 1 is 0.607 bits per heavy atom. The Hall–Kier alpha value is -3.26. The summed E-state index contributed by atoms with van der Waals surface area (Å²) < 4.78 is 4.49. The number of nitrogens with zero attached hydrogens (tertiary/aromatic N) is 2. The molecular formula is C26H24N2. The molecule has 0 saturated carbocycles. The third-order valence-corrected chi connectivity index (χ3v) is 5.89. The second kappa shape index (κ2) is 6.42. The zero-order chi connectivity index (χ0) is 19.3. The van der Waals surface area contributed by atoms with E-state index in [1.807, 2.05) is 0 Å². The van der Waals surface area contributed by atoms with E-state index in [1.165, 1.54) is 44.1 Å². The highest BCUT2D eigenvalue weighted by molar-refractivity contribution is 5.89. The van der Waals surface area contributed by atoms with E-state index >= 15 is 0 Å². The summed E-state index contributed by atoms with van der Waals surface area (Å²) in [6.45, 7) is 2.15. The van der Waals surface area contributed by atoms with Gasteiger partial charge in [-0.05, 0) is 35.7 Å². The van der Waals surface area contributed by atoms with Gasteiger partial charge in [0, 0.05) is 54.2 Å². The van der Waals surface area contributed by atoms with Crippen molar-refractivity contribution in [2.75, 3.05) is 0 Å². The largest absolute Gasteiger partial charge is 0.350 e. The molecule has 0 fully saturated rings. The highest BCUT2D eigenvalue weighted by Gasteiger charge is 2.24. The van der Waals surface area contributed by atoms with Crippen LogP contribution in [0.15, 0.2) is 85.2 Å². The smallest absolute Gasteiger partial charge is 0.0480 e. The summed E-state index contributed by atoms with van der Waals surface area (Å²) in [6, 6.07) is 26.4. The lowest BCUT2D eigenvalue weighted by atomic mass is 9.84. The van der Waals surface area contributed by atoms with Crippen LogP contribution in [0.5, 0.6) is 0 Å². The second-order valence-electron chi connectivity index (χ2n) is 7.77. The maximum absolute atomic E-state index is 2.30. The van der Waals surface area contributed by atoms with Crippen LogP contribution in [0.1, 0.15) is 28.2 Å². The van der Waals surface area contributed by atoms with E-state index in [-0.39, 0.29) is 5.92 Å². The highest BCUT2D eigenvalue weighted by atomic mass is 14.9. The van der Waals surface area contributed by atoms with Crippen molar-refractivity contribution in [1.29, 1.82) is 0 Å². The van der Waals surface area contributed by atoms with Crippen LogP contribution in [0.3, 0.4) is 0 Å². The van der Waals surface area contributed by atoms with Gasteiger partial charge < -0.3 is 9.13 Å². The van der Waals surface area contributed by atoms with Crippen LogP contribution in [-0.4, -0.2) is 9.13 Å². The summed E-state index contributed by atoms with van der Waals surface area (Å²) in [5.74, 6) is 0.192. The molecule has 0 N–H and O–H groups in total. The van der Waals surface area contributed by atoms with E-state index in [4.69, 9.17) is 0 Å². The molecule has 0 bridgehead atoms. The number of rotatable bonds is 3. The van der Waals surface area contributed by atoms with Crippen molar-refractivity contribution in [2.45, 2.75) is 12.8 Å². The molecule has 2 nitrogen and oxygen atoms in total. The van der Waals surface area contributed by atoms with Gasteiger partial charge >= 0.3 is 0 Å². The van der Waals surface area contributed by atoms with Gasteiger partial charge in [-0.2, -0.15) is 0 Å². The summed E-state index contributed by atoms with van der Waals surface area (Å²) in [5, 5.41) is 2.65. The molecule has 5 rings (SSSR count). The Kier molecular flexibility index (Phi) is 3.87. The van der Waals surface area contributed by atoms with Gasteiger partial charge in [-0.15, -0.1) is 0 Å². The Balaban J connectivity index is 1.84. The molecule has 3 aromatic carbocycles. The molecular weight excluding hydrogens is 340 g/mol. The monoisotopic (exact) mass is 364 g/mol. The first-order chi connectivity index (χ1) is 13.6. The summed E-state index contributed by atoms with van der Waals surface area (Å²) in [7, 11) is 4.28. The molecule has 0 aliphatic carbocycles. The van der Waals surface area contributed by atoms with Gasteiger partial charge in [0.2, 0.25) is 0 Å². The first-order valence-electron chi connectivity index (χ1n) is 9.78. The summed E-state index contributed by atoms with van der Waals surface area (Å²) in [5.41, 5.74) is 7.89. The quantitative estimate of drug-likeness (QED) is 0.363. The van der Waals surface area contributed by atoms with E-state index in [0.29, 0.717) is 0 Å². The van der Waals surface area contributed by atoms with E-state index in [9.17, 15) is 0 Å². The average molecular weight is 364 g/mol. The van der Waals surface area contributed by atoms with Crippen molar-refractivity contribution in [3.05, 3.63) is 107 Å². The standard InChI is InChI=1S/C26H24N2/c1-18-12-14-19(15-13-18)26(22-16-27(2)24-10-6-4-8-20(22)24)23-17-28(3)25-11-7-5-9-21(23)25/h4-17,26H,1-3H3. The van der Waals surface area contributed by atoms with Gasteiger partial charge in [-0.25, -0.2) is 0 Å².